The molecule has 1 aromatic heterocycles. The Balaban J connectivity index is -0.000000843. The zero-order valence-electron chi connectivity index (χ0n) is 43.0. The molecule has 3 fully saturated rings. The minimum Gasteiger partial charge on any atom is -1.00 e. The van der Waals surface area contributed by atoms with Crippen molar-refractivity contribution < 1.29 is 169 Å². The van der Waals surface area contributed by atoms with Crippen molar-refractivity contribution in [2.45, 2.75) is 46.7 Å². The quantitative estimate of drug-likeness (QED) is 0.0351. The number of thiophene rings is 1. The third kappa shape index (κ3) is 26.8. The van der Waals surface area contributed by atoms with Crippen LogP contribution in [0.4, 0.5) is 43.4 Å². The summed E-state index contributed by atoms with van der Waals surface area (Å²) in [7, 11) is 0. The molecule has 0 unspecified atom stereocenters. The van der Waals surface area contributed by atoms with Crippen LogP contribution >= 0.6 is 24.0 Å². The van der Waals surface area contributed by atoms with Gasteiger partial charge in [0, 0.05) is 79.6 Å². The Labute approximate surface area is 517 Å². The predicted molar refractivity (Wildman–Crippen MR) is 261 cm³/mol. The van der Waals surface area contributed by atoms with Crippen molar-refractivity contribution in [1.82, 2.24) is 10.2 Å². The first-order valence-corrected chi connectivity index (χ1v) is 23.2. The van der Waals surface area contributed by atoms with Crippen molar-refractivity contribution in [1.29, 1.82) is 10.5 Å². The maximum Gasteiger partial charge on any atom is 1.00 e. The van der Waals surface area contributed by atoms with Gasteiger partial charge in [-0.1, -0.05) is 6.92 Å². The van der Waals surface area contributed by atoms with Gasteiger partial charge < -0.3 is 58.1 Å². The molecule has 394 valence electrons. The number of benzene rings is 3. The number of carbonyl (C=O) groups excluding carboxylic acids is 3. The predicted octanol–water partition coefficient (Wildman–Crippen LogP) is -1.11. The maximum atomic E-state index is 14.3. The number of amides is 2. The van der Waals surface area contributed by atoms with E-state index in [-0.39, 0.29) is 138 Å². The monoisotopic (exact) mass is 1120 g/mol. The maximum absolute atomic E-state index is 14.3. The smallest absolute Gasteiger partial charge is 1.00 e. The Bertz CT molecular complexity index is 2310. The van der Waals surface area contributed by atoms with Crippen LogP contribution in [0.25, 0.3) is 10.1 Å². The summed E-state index contributed by atoms with van der Waals surface area (Å²) < 4.78 is 94.0. The molecule has 3 aliphatic rings. The summed E-state index contributed by atoms with van der Waals surface area (Å²) >= 11 is 4.67. The van der Waals surface area contributed by atoms with Crippen LogP contribution < -0.4 is 140 Å². The standard InChI is InChI=1S/C13H14FN3O2S.C11H10F2N2O.C8H19N.C7H2F3N.C4H9NO.C2H5NOS.CH2O3.2K.H/c14-8-5-7(17-1-3-19-4-2-17)6-9-10(8)11(15)12(20-9)13(16)18;12-10-5-8(6-11(13)9(10)7-14)15-1-3-16-4-2-15;1-6-9(7(2)3)8(4)5;8-4-1-6(9)5(3-11)7(10)2-4;1-3-6-4-2-5-1;3-2(4)1-5;2-1-4-3;;;/h5-6H,1-4,15H2,(H2,16,18);5-6H,1-4H2;7-8H,6H2,1-5H3;1-2H;5H,1-4H2;5H,1H2,(H2,3,4);1,3H;;;/q;;;;;;;2*+1;-1/p-1. The SMILES string of the molecule is C1COCCN1.CCN(C(C)C)C(C)C.N#Cc1c(F)cc(F)cc1F.N#Cc1c(F)cc(N2CCOCC2)cc1F.NC(=O)CS.NC(=O)c1sc2cc(N3CCOCC3)cc(F)c2c1N.O=CO[O-].[H-].[K+].[K+]. The summed E-state index contributed by atoms with van der Waals surface area (Å²) in [6.07, 6.45) is 0. The molecule has 7 N–H and O–H groups in total. The van der Waals surface area contributed by atoms with Crippen LogP contribution in [0.5, 0.6) is 0 Å². The summed E-state index contributed by atoms with van der Waals surface area (Å²) in [5.41, 5.74) is 15.7. The van der Waals surface area contributed by atoms with E-state index in [2.05, 4.69) is 68.1 Å². The van der Waals surface area contributed by atoms with Crippen LogP contribution in [0.2, 0.25) is 0 Å². The minimum absolute atomic E-state index is 0. The number of anilines is 3. The fourth-order valence-corrected chi connectivity index (χ4v) is 7.56. The molecule has 7 rings (SSSR count). The summed E-state index contributed by atoms with van der Waals surface area (Å²) in [4.78, 5) is 38.6. The Kier molecular flexibility index (Phi) is 40.3. The average molecular weight is 1120 g/mol. The number of ether oxygens (including phenoxy) is 3. The number of carbonyl (C=O) groups is 3. The number of nitrogens with one attached hydrogen (secondary N) is 1. The Morgan fingerprint density at radius 3 is 1.45 bits per heavy atom. The van der Waals surface area contributed by atoms with E-state index in [1.54, 1.807) is 0 Å². The molecule has 0 aliphatic carbocycles. The number of nitrogen functional groups attached to an aromatic ring is 1. The third-order valence-corrected chi connectivity index (χ3v) is 11.2. The second kappa shape index (κ2) is 40.6. The molecule has 3 saturated heterocycles. The summed E-state index contributed by atoms with van der Waals surface area (Å²) in [5, 5.41) is 28.5. The van der Waals surface area contributed by atoms with E-state index in [9.17, 15) is 35.9 Å². The fourth-order valence-electron chi connectivity index (χ4n) is 6.54. The topological polar surface area (TPSA) is 259 Å². The van der Waals surface area contributed by atoms with Crippen LogP contribution in [-0.4, -0.2) is 126 Å². The Morgan fingerprint density at radius 1 is 0.795 bits per heavy atom. The van der Waals surface area contributed by atoms with E-state index in [0.29, 0.717) is 87.2 Å². The van der Waals surface area contributed by atoms with Gasteiger partial charge in [0.25, 0.3) is 12.4 Å². The number of hydrogen-bond acceptors (Lipinski definition) is 17. The van der Waals surface area contributed by atoms with E-state index in [1.165, 1.54) is 30.3 Å². The Hall–Kier alpha value is -2.63. The van der Waals surface area contributed by atoms with Gasteiger partial charge in [-0.15, -0.1) is 11.3 Å². The number of thiol groups is 1. The zero-order valence-corrected chi connectivity index (χ0v) is 49.9. The van der Waals surface area contributed by atoms with Gasteiger partial charge in [-0.05, 0) is 58.5 Å². The zero-order chi connectivity index (χ0) is 53.6. The molecule has 0 saturated carbocycles. The molecule has 0 atom stereocenters. The van der Waals surface area contributed by atoms with E-state index in [4.69, 9.17) is 46.3 Å². The number of halogens is 6. The van der Waals surface area contributed by atoms with Crippen molar-refractivity contribution in [2.24, 2.45) is 11.5 Å². The molecular weight excluding hydrogens is 1060 g/mol. The molecular formula is C46H61F6K2N9O8S2. The molecule has 17 nitrogen and oxygen atoms in total. The average Bonchev–Trinajstić information content (AvgIpc) is 3.70. The van der Waals surface area contributed by atoms with Crippen LogP contribution in [-0.2, 0) is 28.7 Å². The molecule has 0 radical (unpaired) electrons. The number of nitriles is 2. The van der Waals surface area contributed by atoms with Crippen LogP contribution in [0.15, 0.2) is 36.4 Å². The van der Waals surface area contributed by atoms with Gasteiger partial charge in [0.1, 0.15) is 63.0 Å². The number of nitrogens with zero attached hydrogens (tertiary/aromatic N) is 5. The molecule has 2 amide bonds. The second-order valence-corrected chi connectivity index (χ2v) is 16.5. The van der Waals surface area contributed by atoms with Gasteiger partial charge >= 0.3 is 103 Å². The molecule has 3 aliphatic heterocycles. The first-order valence-electron chi connectivity index (χ1n) is 21.8. The van der Waals surface area contributed by atoms with E-state index in [0.717, 1.165) is 49.9 Å². The third-order valence-electron chi connectivity index (χ3n) is 9.73. The molecule has 73 heavy (non-hydrogen) atoms. The minimum atomic E-state index is -1.18. The van der Waals surface area contributed by atoms with Crippen LogP contribution in [0.3, 0.4) is 0 Å². The van der Waals surface area contributed by atoms with Crippen molar-refractivity contribution in [3.63, 3.8) is 0 Å². The van der Waals surface area contributed by atoms with Crippen molar-refractivity contribution in [2.75, 3.05) is 107 Å². The van der Waals surface area contributed by atoms with Gasteiger partial charge in [0.15, 0.2) is 0 Å². The molecule has 0 spiro atoms. The van der Waals surface area contributed by atoms with E-state index >= 15 is 0 Å². The van der Waals surface area contributed by atoms with Crippen molar-refractivity contribution >= 4 is 69.4 Å². The summed E-state index contributed by atoms with van der Waals surface area (Å²) in [5.74, 6) is -6.31. The summed E-state index contributed by atoms with van der Waals surface area (Å²) in [6, 6.07) is 10.7. The number of hydrogen-bond donors (Lipinski definition) is 5. The van der Waals surface area contributed by atoms with Gasteiger partial charge in [-0.25, -0.2) is 26.3 Å². The van der Waals surface area contributed by atoms with Gasteiger partial charge in [-0.2, -0.15) is 23.2 Å². The molecule has 3 aromatic carbocycles. The molecule has 0 bridgehead atoms. The van der Waals surface area contributed by atoms with Gasteiger partial charge in [-0.3, -0.25) is 19.3 Å². The van der Waals surface area contributed by atoms with E-state index < -0.39 is 51.9 Å². The van der Waals surface area contributed by atoms with Crippen molar-refractivity contribution in [3.8, 4) is 12.1 Å². The van der Waals surface area contributed by atoms with Crippen molar-refractivity contribution in [3.05, 3.63) is 87.3 Å². The number of primary amides is 2. The molecule has 4 heterocycles. The first kappa shape index (κ1) is 72.4. The Morgan fingerprint density at radius 2 is 1.16 bits per heavy atom. The number of nitrogens with two attached hydrogens (primary N) is 3. The number of rotatable bonds is 8. The fraction of sp³-hybridized carbons (Fsp3) is 0.457. The van der Waals surface area contributed by atoms with Crippen LogP contribution in [0, 0.1) is 57.6 Å². The normalized spacial score (nSPS) is 13.5. The first-order chi connectivity index (χ1) is 33.7. The summed E-state index contributed by atoms with van der Waals surface area (Å²) in [6.45, 7) is 21.0. The van der Waals surface area contributed by atoms with E-state index in [1.807, 2.05) is 15.9 Å². The van der Waals surface area contributed by atoms with Gasteiger partial charge in [0.2, 0.25) is 5.91 Å². The largest absolute Gasteiger partial charge is 1.00 e. The number of fused-ring (bicyclic) bond motifs is 1. The second-order valence-electron chi connectivity index (χ2n) is 15.2. The van der Waals surface area contributed by atoms with Crippen LogP contribution in [0.1, 0.15) is 56.8 Å². The molecule has 4 aromatic rings. The molecule has 27 heteroatoms. The number of morpholine rings is 3. The van der Waals surface area contributed by atoms with Gasteiger partial charge in [0.05, 0.1) is 56.5 Å².